The van der Waals surface area contributed by atoms with Gasteiger partial charge in [-0.05, 0) is 68.0 Å². The lowest BCUT2D eigenvalue weighted by molar-refractivity contribution is -0.140. The highest BCUT2D eigenvalue weighted by Crippen LogP contribution is 2.22. The van der Waals surface area contributed by atoms with Crippen molar-refractivity contribution in [3.05, 3.63) is 65.5 Å². The van der Waals surface area contributed by atoms with Gasteiger partial charge in [0.15, 0.2) is 0 Å². The van der Waals surface area contributed by atoms with Gasteiger partial charge >= 0.3 is 0 Å². The van der Waals surface area contributed by atoms with Crippen LogP contribution >= 0.6 is 0 Å². The van der Waals surface area contributed by atoms with Crippen LogP contribution in [-0.2, 0) is 32.6 Å². The molecule has 0 spiro atoms. The topological polar surface area (TPSA) is 86.8 Å². The number of amides is 2. The van der Waals surface area contributed by atoms with E-state index in [0.29, 0.717) is 26.1 Å². The smallest absolute Gasteiger partial charge is 0.243 e. The molecular formula is C27H36FN3O4S. The average Bonchev–Trinajstić information content (AvgIpc) is 3.43. The van der Waals surface area contributed by atoms with E-state index < -0.39 is 16.1 Å². The van der Waals surface area contributed by atoms with Gasteiger partial charge in [0.1, 0.15) is 11.9 Å². The third-order valence-electron chi connectivity index (χ3n) is 6.52. The van der Waals surface area contributed by atoms with Crippen LogP contribution in [-0.4, -0.2) is 55.1 Å². The van der Waals surface area contributed by atoms with Crippen molar-refractivity contribution in [1.82, 2.24) is 14.5 Å². The van der Waals surface area contributed by atoms with Crippen LogP contribution < -0.4 is 5.32 Å². The minimum absolute atomic E-state index is 0.159. The summed E-state index contributed by atoms with van der Waals surface area (Å²) in [5.74, 6) is -0.793. The molecule has 0 aromatic heterocycles. The molecule has 1 fully saturated rings. The lowest BCUT2D eigenvalue weighted by Crippen LogP contribution is -2.47. The predicted molar refractivity (Wildman–Crippen MR) is 137 cm³/mol. The first kappa shape index (κ1) is 27.8. The summed E-state index contributed by atoms with van der Waals surface area (Å²) in [5.41, 5.74) is 1.57. The van der Waals surface area contributed by atoms with E-state index in [0.717, 1.165) is 36.8 Å². The second-order valence-electron chi connectivity index (χ2n) is 9.22. The molecule has 1 heterocycles. The van der Waals surface area contributed by atoms with Crippen molar-refractivity contribution < 1.29 is 22.4 Å². The fourth-order valence-corrected chi connectivity index (χ4v) is 5.72. The zero-order chi connectivity index (χ0) is 26.1. The van der Waals surface area contributed by atoms with Crippen molar-refractivity contribution in [2.24, 2.45) is 0 Å². The van der Waals surface area contributed by atoms with Crippen molar-refractivity contribution in [1.29, 1.82) is 0 Å². The summed E-state index contributed by atoms with van der Waals surface area (Å²) in [7, 11) is -3.48. The standard InChI is InChI=1S/C27H36FN3O4S/c1-3-4-17-29-27(33)21(2)31(20-23-7-12-24(28)13-8-23)26(32)16-11-22-9-14-25(15-10-22)36(34,35)30-18-5-6-19-30/h7-10,12-15,21H,3-6,11,16-20H2,1-2H3,(H,29,33)/t21-/m0/s1. The number of carbonyl (C=O) groups excluding carboxylic acids is 2. The highest BCUT2D eigenvalue weighted by Gasteiger charge is 2.28. The molecule has 1 atom stereocenters. The number of halogens is 1. The molecule has 2 amide bonds. The number of nitrogens with one attached hydrogen (secondary N) is 1. The van der Waals surface area contributed by atoms with Gasteiger partial charge in [-0.1, -0.05) is 37.6 Å². The summed E-state index contributed by atoms with van der Waals surface area (Å²) >= 11 is 0. The van der Waals surface area contributed by atoms with Gasteiger partial charge in [0, 0.05) is 32.6 Å². The summed E-state index contributed by atoms with van der Waals surface area (Å²) in [6, 6.07) is 11.9. The first-order valence-corrected chi connectivity index (χ1v) is 14.1. The van der Waals surface area contributed by atoms with Crippen molar-refractivity contribution in [2.75, 3.05) is 19.6 Å². The number of rotatable bonds is 12. The largest absolute Gasteiger partial charge is 0.354 e. The third kappa shape index (κ3) is 7.36. The number of carbonyl (C=O) groups is 2. The van der Waals surface area contributed by atoms with Crippen LogP contribution in [0, 0.1) is 5.82 Å². The van der Waals surface area contributed by atoms with Gasteiger partial charge in [0.25, 0.3) is 0 Å². The van der Waals surface area contributed by atoms with Crippen LogP contribution in [0.2, 0.25) is 0 Å². The van der Waals surface area contributed by atoms with E-state index in [9.17, 15) is 22.4 Å². The Morgan fingerprint density at radius 1 is 1.03 bits per heavy atom. The Hall–Kier alpha value is -2.78. The minimum atomic E-state index is -3.48. The zero-order valence-corrected chi connectivity index (χ0v) is 21.9. The molecule has 2 aromatic carbocycles. The molecule has 0 saturated carbocycles. The maximum atomic E-state index is 13.4. The molecule has 7 nitrogen and oxygen atoms in total. The minimum Gasteiger partial charge on any atom is -0.354 e. The SMILES string of the molecule is CCCCNC(=O)[C@H](C)N(Cc1ccc(F)cc1)C(=O)CCc1ccc(S(=O)(=O)N2CCCC2)cc1. The Balaban J connectivity index is 1.67. The number of aryl methyl sites for hydroxylation is 1. The molecule has 1 saturated heterocycles. The van der Waals surface area contributed by atoms with Gasteiger partial charge in [-0.15, -0.1) is 0 Å². The lowest BCUT2D eigenvalue weighted by atomic mass is 10.1. The Labute approximate surface area is 213 Å². The molecule has 3 rings (SSSR count). The van der Waals surface area contributed by atoms with Crippen molar-refractivity contribution in [2.45, 2.75) is 69.9 Å². The van der Waals surface area contributed by atoms with Crippen LogP contribution in [0.25, 0.3) is 0 Å². The van der Waals surface area contributed by atoms with Gasteiger partial charge in [0.2, 0.25) is 21.8 Å². The number of nitrogens with zero attached hydrogens (tertiary/aromatic N) is 2. The van der Waals surface area contributed by atoms with Gasteiger partial charge in [0.05, 0.1) is 4.90 Å². The van der Waals surface area contributed by atoms with Gasteiger partial charge < -0.3 is 10.2 Å². The van der Waals surface area contributed by atoms with E-state index in [1.165, 1.54) is 21.3 Å². The van der Waals surface area contributed by atoms with Crippen molar-refractivity contribution in [3.63, 3.8) is 0 Å². The summed E-state index contributed by atoms with van der Waals surface area (Å²) in [5, 5.41) is 2.88. The van der Waals surface area contributed by atoms with Gasteiger partial charge in [-0.25, -0.2) is 12.8 Å². The Bertz CT molecular complexity index is 1110. The van der Waals surface area contributed by atoms with E-state index >= 15 is 0 Å². The van der Waals surface area contributed by atoms with Crippen molar-refractivity contribution in [3.8, 4) is 0 Å². The first-order chi connectivity index (χ1) is 17.2. The highest BCUT2D eigenvalue weighted by atomic mass is 32.2. The summed E-state index contributed by atoms with van der Waals surface area (Å²) in [6.45, 7) is 5.56. The zero-order valence-electron chi connectivity index (χ0n) is 21.1. The molecule has 1 N–H and O–H groups in total. The molecule has 0 unspecified atom stereocenters. The number of benzene rings is 2. The summed E-state index contributed by atoms with van der Waals surface area (Å²) in [6.07, 6.45) is 4.13. The predicted octanol–water partition coefficient (Wildman–Crippen LogP) is 3.88. The number of sulfonamides is 1. The van der Waals surface area contributed by atoms with E-state index in [1.807, 2.05) is 6.92 Å². The molecule has 0 bridgehead atoms. The van der Waals surface area contributed by atoms with Crippen molar-refractivity contribution >= 4 is 21.8 Å². The third-order valence-corrected chi connectivity index (χ3v) is 8.43. The second-order valence-corrected chi connectivity index (χ2v) is 11.2. The van der Waals surface area contributed by atoms with E-state index in [1.54, 1.807) is 43.3 Å². The second kappa shape index (κ2) is 13.0. The number of hydrogen-bond donors (Lipinski definition) is 1. The van der Waals surface area contributed by atoms with Crippen LogP contribution in [0.1, 0.15) is 57.1 Å². The summed E-state index contributed by atoms with van der Waals surface area (Å²) in [4.78, 5) is 27.7. The Kier molecular flexibility index (Phi) is 10.0. The normalized spacial score (nSPS) is 15.0. The number of hydrogen-bond acceptors (Lipinski definition) is 4. The molecule has 1 aliphatic heterocycles. The summed E-state index contributed by atoms with van der Waals surface area (Å²) < 4.78 is 40.3. The van der Waals surface area contributed by atoms with Crippen LogP contribution in [0.15, 0.2) is 53.4 Å². The maximum absolute atomic E-state index is 13.4. The van der Waals surface area contributed by atoms with Crippen LogP contribution in [0.3, 0.4) is 0 Å². The molecule has 9 heteroatoms. The Morgan fingerprint density at radius 2 is 1.64 bits per heavy atom. The Morgan fingerprint density at radius 3 is 2.25 bits per heavy atom. The van der Waals surface area contributed by atoms with Gasteiger partial charge in [-0.3, -0.25) is 9.59 Å². The van der Waals surface area contributed by atoms with Gasteiger partial charge in [-0.2, -0.15) is 4.31 Å². The highest BCUT2D eigenvalue weighted by molar-refractivity contribution is 7.89. The fraction of sp³-hybridized carbons (Fsp3) is 0.481. The molecule has 196 valence electrons. The molecule has 2 aromatic rings. The molecule has 0 radical (unpaired) electrons. The molecular weight excluding hydrogens is 481 g/mol. The monoisotopic (exact) mass is 517 g/mol. The average molecular weight is 518 g/mol. The first-order valence-electron chi connectivity index (χ1n) is 12.6. The molecule has 36 heavy (non-hydrogen) atoms. The fourth-order valence-electron chi connectivity index (χ4n) is 4.21. The quantitative estimate of drug-likeness (QED) is 0.433. The molecule has 0 aliphatic carbocycles. The van der Waals surface area contributed by atoms with E-state index in [-0.39, 0.29) is 35.5 Å². The maximum Gasteiger partial charge on any atom is 0.243 e. The van der Waals surface area contributed by atoms with Crippen LogP contribution in [0.5, 0.6) is 0 Å². The number of unbranched alkanes of at least 4 members (excludes halogenated alkanes) is 1. The lowest BCUT2D eigenvalue weighted by Gasteiger charge is -2.29. The van der Waals surface area contributed by atoms with Crippen LogP contribution in [0.4, 0.5) is 4.39 Å². The molecule has 1 aliphatic rings. The van der Waals surface area contributed by atoms with E-state index in [2.05, 4.69) is 5.32 Å². The van der Waals surface area contributed by atoms with E-state index in [4.69, 9.17) is 0 Å².